The fraction of sp³-hybridized carbons (Fsp3) is 0.133. The van der Waals surface area contributed by atoms with Crippen LogP contribution in [0.5, 0.6) is 0 Å². The molecule has 0 amide bonds. The number of halogens is 1. The summed E-state index contributed by atoms with van der Waals surface area (Å²) in [6, 6.07) is 16.7. The molecule has 3 unspecified atom stereocenters. The van der Waals surface area contributed by atoms with Gasteiger partial charge >= 0.3 is 27.0 Å². The summed E-state index contributed by atoms with van der Waals surface area (Å²) in [6.45, 7) is 0. The monoisotopic (exact) mass is 425 g/mol. The molecule has 120 valence electrons. The van der Waals surface area contributed by atoms with E-state index < -0.39 is 23.4 Å². The van der Waals surface area contributed by atoms with E-state index in [9.17, 15) is 8.76 Å². The first-order chi connectivity index (χ1) is 10.2. The number of nitrogens with zero attached hydrogens (tertiary/aromatic N) is 1. The Morgan fingerprint density at radius 2 is 1.41 bits per heavy atom. The van der Waals surface area contributed by atoms with E-state index in [2.05, 4.69) is 14.4 Å². The molecule has 0 spiro atoms. The minimum absolute atomic E-state index is 0. The molecule has 0 aliphatic heterocycles. The zero-order valence-electron chi connectivity index (χ0n) is 11.8. The maximum absolute atomic E-state index is 10.9. The van der Waals surface area contributed by atoms with Gasteiger partial charge in [-0.15, -0.1) is 12.1 Å². The molecule has 3 atom stereocenters. The minimum Gasteiger partial charge on any atom is -0.789 e. The summed E-state index contributed by atoms with van der Waals surface area (Å²) in [5.74, 6) is 0. The minimum atomic E-state index is -2.54. The van der Waals surface area contributed by atoms with Crippen LogP contribution in [0.15, 0.2) is 60.7 Å². The summed E-state index contributed by atoms with van der Waals surface area (Å²) >= 11 is -0.713. The molecule has 7 heteroatoms. The van der Waals surface area contributed by atoms with Crippen LogP contribution in [-0.4, -0.2) is 8.76 Å². The molecule has 1 N–H and O–H groups in total. The Kier molecular flexibility index (Phi) is 11.6. The third-order valence-corrected chi connectivity index (χ3v) is 3.21. The van der Waals surface area contributed by atoms with E-state index in [1.165, 1.54) is 0 Å². The number of rotatable bonds is 5. The van der Waals surface area contributed by atoms with Gasteiger partial charge in [0.25, 0.3) is 0 Å². The summed E-state index contributed by atoms with van der Waals surface area (Å²) in [5, 5.41) is 0. The van der Waals surface area contributed by atoms with Gasteiger partial charge in [0.15, 0.2) is 0 Å². The van der Waals surface area contributed by atoms with Crippen LogP contribution in [0.3, 0.4) is 0 Å². The van der Waals surface area contributed by atoms with Crippen LogP contribution < -0.4 is 0 Å². The largest absolute Gasteiger partial charge is 0.789 e. The molecule has 0 saturated heterocycles. The standard InChI is InChI=1S/C14H14N2O2S.CH3.ClH.Ru/c15-13(11-7-3-1-4-8-11)14(16-19(17)18)12-9-5-2-6-10-12;;;/h1-10,13-15H,(H,17,18);1H3;1H;/q-2;-1;;+4/p-2. The molecular weight excluding hydrogens is 409 g/mol. The molecule has 2 aromatic rings. The molecule has 0 aliphatic carbocycles. The van der Waals surface area contributed by atoms with Crippen molar-refractivity contribution in [3.8, 4) is 0 Å². The van der Waals surface area contributed by atoms with Gasteiger partial charge in [-0.05, 0) is 0 Å². The molecule has 4 nitrogen and oxygen atoms in total. The van der Waals surface area contributed by atoms with Crippen molar-refractivity contribution in [3.63, 3.8) is 0 Å². The van der Waals surface area contributed by atoms with E-state index >= 15 is 0 Å². The molecule has 2 aromatic carbocycles. The second kappa shape index (κ2) is 11.9. The smallest absolute Gasteiger partial charge is 0.0605 e. The zero-order chi connectivity index (χ0) is 15.7. The molecule has 0 radical (unpaired) electrons. The molecule has 0 aromatic heterocycles. The van der Waals surface area contributed by atoms with Gasteiger partial charge < -0.3 is 22.4 Å². The van der Waals surface area contributed by atoms with Gasteiger partial charge in [0.1, 0.15) is 0 Å². The van der Waals surface area contributed by atoms with Gasteiger partial charge in [-0.3, -0.25) is 4.21 Å². The van der Waals surface area contributed by atoms with Crippen molar-refractivity contribution >= 4 is 21.0 Å². The molecule has 0 aliphatic rings. The summed E-state index contributed by atoms with van der Waals surface area (Å²) in [5.41, 5.74) is 9.69. The Bertz CT molecular complexity index is 546. The maximum Gasteiger partial charge on any atom is -0.0605 e. The van der Waals surface area contributed by atoms with Crippen molar-refractivity contribution in [2.75, 3.05) is 0 Å². The molecule has 0 bridgehead atoms. The molecular formula is C15H16ClN2O2RuS-. The predicted octanol–water partition coefficient (Wildman–Crippen LogP) is 4.83. The van der Waals surface area contributed by atoms with Crippen molar-refractivity contribution in [3.05, 3.63) is 89.7 Å². The fourth-order valence-electron chi connectivity index (χ4n) is 1.90. The zero-order valence-corrected chi connectivity index (χ0v) is 15.1. The first kappa shape index (κ1) is 21.4. The Balaban J connectivity index is 0.00000141. The van der Waals surface area contributed by atoms with E-state index in [0.717, 1.165) is 11.1 Å². The van der Waals surface area contributed by atoms with Gasteiger partial charge in [-0.2, -0.15) is 11.3 Å². The van der Waals surface area contributed by atoms with E-state index in [4.69, 9.17) is 5.73 Å². The van der Waals surface area contributed by atoms with E-state index in [1.807, 2.05) is 53.7 Å². The van der Waals surface area contributed by atoms with Gasteiger partial charge in [0.2, 0.25) is 0 Å². The molecule has 22 heavy (non-hydrogen) atoms. The summed E-state index contributed by atoms with van der Waals surface area (Å²) in [4.78, 5) is 0. The number of hydrogen-bond acceptors (Lipinski definition) is 2. The predicted molar refractivity (Wildman–Crippen MR) is 87.2 cm³/mol. The van der Waals surface area contributed by atoms with Crippen LogP contribution in [0.1, 0.15) is 23.2 Å². The Morgan fingerprint density at radius 1 is 1.00 bits per heavy atom. The second-order valence-electron chi connectivity index (χ2n) is 4.07. The normalized spacial score (nSPS) is 13.8. The molecule has 0 saturated carbocycles. The topological polar surface area (TPSA) is 78.0 Å². The third kappa shape index (κ3) is 6.65. The first-order valence-electron chi connectivity index (χ1n) is 5.93. The van der Waals surface area contributed by atoms with Gasteiger partial charge in [-0.25, -0.2) is 0 Å². The van der Waals surface area contributed by atoms with Crippen LogP contribution in [0.2, 0.25) is 0 Å². The number of benzene rings is 2. The molecule has 2 rings (SSSR count). The summed E-state index contributed by atoms with van der Waals surface area (Å²) in [6.07, 6.45) is 0. The number of hydrogen-bond donors (Lipinski definition) is 0. The Morgan fingerprint density at radius 3 is 1.82 bits per heavy atom. The average Bonchev–Trinajstić information content (AvgIpc) is 2.55. The SMILES string of the molecule is [CH3-].[Cl][Ru+3].[NH-]C(c1ccccc1)C([N-]S(=O)[O-])c1ccccc1. The second-order valence-corrected chi connectivity index (χ2v) is 4.71. The Labute approximate surface area is 148 Å². The van der Waals surface area contributed by atoms with E-state index in [1.54, 1.807) is 24.3 Å². The molecule has 0 heterocycles. The van der Waals surface area contributed by atoms with Crippen molar-refractivity contribution in [2.45, 2.75) is 12.1 Å². The van der Waals surface area contributed by atoms with Gasteiger partial charge in [0.05, 0.1) is 0 Å². The van der Waals surface area contributed by atoms with Crippen LogP contribution in [0, 0.1) is 7.43 Å². The Hall–Kier alpha value is -0.617. The molecule has 0 fully saturated rings. The van der Waals surface area contributed by atoms with Crippen molar-refractivity contribution in [1.82, 2.24) is 0 Å². The summed E-state index contributed by atoms with van der Waals surface area (Å²) in [7, 11) is 4.57. The number of nitrogens with one attached hydrogen (secondary N) is 1. The van der Waals surface area contributed by atoms with Gasteiger partial charge in [-0.1, -0.05) is 71.8 Å². The van der Waals surface area contributed by atoms with Crippen LogP contribution in [-0.2, 0) is 28.6 Å². The summed E-state index contributed by atoms with van der Waals surface area (Å²) < 4.78 is 25.4. The first-order valence-corrected chi connectivity index (χ1v) is 9.20. The van der Waals surface area contributed by atoms with Crippen LogP contribution in [0.25, 0.3) is 10.5 Å². The van der Waals surface area contributed by atoms with E-state index in [0.29, 0.717) is 0 Å². The van der Waals surface area contributed by atoms with Crippen LogP contribution in [0.4, 0.5) is 0 Å². The van der Waals surface area contributed by atoms with Crippen molar-refractivity contribution in [2.24, 2.45) is 0 Å². The average molecular weight is 425 g/mol. The van der Waals surface area contributed by atoms with Gasteiger partial charge in [0, 0.05) is 0 Å². The maximum atomic E-state index is 10.9. The van der Waals surface area contributed by atoms with Crippen LogP contribution >= 0.6 is 9.69 Å². The van der Waals surface area contributed by atoms with E-state index in [-0.39, 0.29) is 7.43 Å². The quantitative estimate of drug-likeness (QED) is 0.391. The fourth-order valence-corrected chi connectivity index (χ4v) is 2.33. The third-order valence-electron chi connectivity index (χ3n) is 2.82. The van der Waals surface area contributed by atoms with Crippen molar-refractivity contribution in [1.29, 1.82) is 0 Å². The van der Waals surface area contributed by atoms with Crippen molar-refractivity contribution < 1.29 is 26.1 Å².